The smallest absolute Gasteiger partial charge is 0.239 e. The lowest BCUT2D eigenvalue weighted by atomic mass is 9.94. The van der Waals surface area contributed by atoms with E-state index in [0.29, 0.717) is 13.0 Å². The number of carbonyl (C=O) groups excluding carboxylic acids is 1. The third-order valence-electron chi connectivity index (χ3n) is 3.83. The molecule has 1 saturated heterocycles. The molecule has 20 heavy (non-hydrogen) atoms. The minimum Gasteiger partial charge on any atom is -0.368 e. The summed E-state index contributed by atoms with van der Waals surface area (Å²) < 4.78 is 6.02. The molecular weight excluding hydrogens is 254 g/mol. The molecule has 1 aliphatic heterocycles. The summed E-state index contributed by atoms with van der Waals surface area (Å²) in [5, 5.41) is 12.0. The Morgan fingerprint density at radius 3 is 2.55 bits per heavy atom. The van der Waals surface area contributed by atoms with E-state index < -0.39 is 0 Å². The Morgan fingerprint density at radius 2 is 2.10 bits per heavy atom. The first-order valence-electron chi connectivity index (χ1n) is 7.17. The third kappa shape index (κ3) is 4.19. The maximum absolute atomic E-state index is 12.2. The molecule has 2 atom stereocenters. The molecule has 5 heteroatoms. The molecule has 0 bridgehead atoms. The van der Waals surface area contributed by atoms with E-state index in [4.69, 9.17) is 10.00 Å². The van der Waals surface area contributed by atoms with Crippen molar-refractivity contribution in [3.8, 4) is 6.07 Å². The van der Waals surface area contributed by atoms with E-state index in [2.05, 4.69) is 39.1 Å². The van der Waals surface area contributed by atoms with Crippen molar-refractivity contribution in [3.63, 3.8) is 0 Å². The Morgan fingerprint density at radius 1 is 1.50 bits per heavy atom. The van der Waals surface area contributed by atoms with Crippen molar-refractivity contribution in [2.24, 2.45) is 0 Å². The standard InChI is InChI=1S/C15H27N3O2/c1-11(13(19)18(6)9-7-8-16)17-12-10-14(2,3)20-15(12,4)5/h11-12,17H,7,9-10H2,1-6H3/t11-,12+/m0/s1. The average Bonchev–Trinajstić information content (AvgIpc) is 2.52. The molecule has 1 aliphatic rings. The molecule has 0 spiro atoms. The first-order chi connectivity index (χ1) is 9.09. The number of ether oxygens (including phenoxy) is 1. The predicted molar refractivity (Wildman–Crippen MR) is 78.1 cm³/mol. The number of amides is 1. The van der Waals surface area contributed by atoms with Crippen LogP contribution in [0, 0.1) is 11.3 Å². The molecule has 0 saturated carbocycles. The minimum absolute atomic E-state index is 0.0146. The number of likely N-dealkylation sites (N-methyl/N-ethyl adjacent to an activating group) is 1. The molecule has 5 nitrogen and oxygen atoms in total. The number of carbonyl (C=O) groups is 1. The Labute approximate surface area is 122 Å². The van der Waals surface area contributed by atoms with Crippen molar-refractivity contribution in [3.05, 3.63) is 0 Å². The van der Waals surface area contributed by atoms with Gasteiger partial charge in [0, 0.05) is 19.6 Å². The van der Waals surface area contributed by atoms with Gasteiger partial charge in [-0.3, -0.25) is 4.79 Å². The molecule has 0 aromatic rings. The van der Waals surface area contributed by atoms with E-state index in [9.17, 15) is 4.79 Å². The van der Waals surface area contributed by atoms with Gasteiger partial charge in [-0.2, -0.15) is 5.26 Å². The zero-order valence-electron chi connectivity index (χ0n) is 13.5. The third-order valence-corrected chi connectivity index (χ3v) is 3.83. The van der Waals surface area contributed by atoms with Crippen molar-refractivity contribution in [2.45, 2.75) is 70.7 Å². The quantitative estimate of drug-likeness (QED) is 0.832. The highest BCUT2D eigenvalue weighted by atomic mass is 16.5. The van der Waals surface area contributed by atoms with Gasteiger partial charge in [0.05, 0.1) is 29.7 Å². The molecule has 114 valence electrons. The Balaban J connectivity index is 2.60. The Hall–Kier alpha value is -1.12. The van der Waals surface area contributed by atoms with Crippen LogP contribution in [0.2, 0.25) is 0 Å². The molecular formula is C15H27N3O2. The highest BCUT2D eigenvalue weighted by molar-refractivity contribution is 5.81. The fourth-order valence-electron chi connectivity index (χ4n) is 2.85. The van der Waals surface area contributed by atoms with Crippen LogP contribution in [0.15, 0.2) is 0 Å². The van der Waals surface area contributed by atoms with Gasteiger partial charge >= 0.3 is 0 Å². The van der Waals surface area contributed by atoms with Gasteiger partial charge in [0.25, 0.3) is 0 Å². The van der Waals surface area contributed by atoms with Crippen molar-refractivity contribution >= 4 is 5.91 Å². The first kappa shape index (κ1) is 16.9. The molecule has 0 aromatic carbocycles. The first-order valence-corrected chi connectivity index (χ1v) is 7.17. The van der Waals surface area contributed by atoms with Crippen molar-refractivity contribution in [1.82, 2.24) is 10.2 Å². The van der Waals surface area contributed by atoms with Gasteiger partial charge in [-0.15, -0.1) is 0 Å². The average molecular weight is 281 g/mol. The molecule has 1 N–H and O–H groups in total. The van der Waals surface area contributed by atoms with Crippen molar-refractivity contribution in [2.75, 3.05) is 13.6 Å². The second-order valence-electron chi connectivity index (χ2n) is 6.78. The molecule has 1 rings (SSSR count). The topological polar surface area (TPSA) is 65.4 Å². The van der Waals surface area contributed by atoms with Crippen LogP contribution in [0.5, 0.6) is 0 Å². The zero-order chi connectivity index (χ0) is 15.6. The lowest BCUT2D eigenvalue weighted by molar-refractivity contribution is -0.132. The van der Waals surface area contributed by atoms with Gasteiger partial charge in [0.1, 0.15) is 0 Å². The van der Waals surface area contributed by atoms with Crippen LogP contribution in [-0.4, -0.2) is 47.7 Å². The second-order valence-corrected chi connectivity index (χ2v) is 6.78. The van der Waals surface area contributed by atoms with Crippen LogP contribution < -0.4 is 5.32 Å². The van der Waals surface area contributed by atoms with Gasteiger partial charge in [-0.05, 0) is 41.0 Å². The van der Waals surface area contributed by atoms with Crippen LogP contribution in [0.1, 0.15) is 47.5 Å². The highest BCUT2D eigenvalue weighted by Crippen LogP contribution is 2.37. The molecule has 1 heterocycles. The summed E-state index contributed by atoms with van der Waals surface area (Å²) in [5.74, 6) is 0.0146. The van der Waals surface area contributed by atoms with Gasteiger partial charge in [-0.1, -0.05) is 0 Å². The predicted octanol–water partition coefficient (Wildman–Crippen LogP) is 1.68. The van der Waals surface area contributed by atoms with Gasteiger partial charge in [0.2, 0.25) is 5.91 Å². The minimum atomic E-state index is -0.288. The molecule has 0 aromatic heterocycles. The fourth-order valence-corrected chi connectivity index (χ4v) is 2.85. The normalized spacial score (nSPS) is 24.9. The summed E-state index contributed by atoms with van der Waals surface area (Å²) in [6.07, 6.45) is 1.24. The van der Waals surface area contributed by atoms with Crippen LogP contribution >= 0.6 is 0 Å². The SMILES string of the molecule is C[C@H](N[C@@H]1CC(C)(C)OC1(C)C)C(=O)N(C)CCC#N. The summed E-state index contributed by atoms with van der Waals surface area (Å²) in [6, 6.07) is 1.92. The summed E-state index contributed by atoms with van der Waals surface area (Å²) in [6.45, 7) is 10.6. The van der Waals surface area contributed by atoms with E-state index in [1.54, 1.807) is 11.9 Å². The second kappa shape index (κ2) is 6.11. The summed E-state index contributed by atoms with van der Waals surface area (Å²) in [4.78, 5) is 13.8. The van der Waals surface area contributed by atoms with Gasteiger partial charge in [-0.25, -0.2) is 0 Å². The van der Waals surface area contributed by atoms with E-state index in [0.717, 1.165) is 6.42 Å². The van der Waals surface area contributed by atoms with Crippen LogP contribution in [0.25, 0.3) is 0 Å². The number of nitrogens with zero attached hydrogens (tertiary/aromatic N) is 2. The lowest BCUT2D eigenvalue weighted by Gasteiger charge is -2.30. The van der Waals surface area contributed by atoms with Crippen LogP contribution in [0.3, 0.4) is 0 Å². The molecule has 0 aliphatic carbocycles. The largest absolute Gasteiger partial charge is 0.368 e. The molecule has 0 unspecified atom stereocenters. The number of hydrogen-bond acceptors (Lipinski definition) is 4. The Kier molecular flexibility index (Phi) is 5.17. The number of rotatable bonds is 5. The van der Waals surface area contributed by atoms with Crippen LogP contribution in [0.4, 0.5) is 0 Å². The summed E-state index contributed by atoms with van der Waals surface area (Å²) in [5.41, 5.74) is -0.458. The zero-order valence-corrected chi connectivity index (χ0v) is 13.5. The fraction of sp³-hybridized carbons (Fsp3) is 0.867. The summed E-state index contributed by atoms with van der Waals surface area (Å²) >= 11 is 0. The number of nitrogens with one attached hydrogen (secondary N) is 1. The number of nitriles is 1. The maximum atomic E-state index is 12.2. The van der Waals surface area contributed by atoms with E-state index in [-0.39, 0.29) is 29.2 Å². The maximum Gasteiger partial charge on any atom is 0.239 e. The van der Waals surface area contributed by atoms with Gasteiger partial charge < -0.3 is 15.0 Å². The van der Waals surface area contributed by atoms with E-state index in [1.807, 2.05) is 6.92 Å². The Bertz CT molecular complexity index is 398. The molecule has 0 radical (unpaired) electrons. The monoisotopic (exact) mass is 281 g/mol. The molecule has 1 amide bonds. The lowest BCUT2D eigenvalue weighted by Crippen LogP contribution is -2.52. The number of hydrogen-bond donors (Lipinski definition) is 1. The van der Waals surface area contributed by atoms with E-state index >= 15 is 0 Å². The van der Waals surface area contributed by atoms with Crippen LogP contribution in [-0.2, 0) is 9.53 Å². The van der Waals surface area contributed by atoms with Crippen molar-refractivity contribution < 1.29 is 9.53 Å². The van der Waals surface area contributed by atoms with Gasteiger partial charge in [0.15, 0.2) is 0 Å². The van der Waals surface area contributed by atoms with Crippen molar-refractivity contribution in [1.29, 1.82) is 5.26 Å². The van der Waals surface area contributed by atoms with E-state index in [1.165, 1.54) is 0 Å². The molecule has 1 fully saturated rings. The highest BCUT2D eigenvalue weighted by Gasteiger charge is 2.46. The summed E-state index contributed by atoms with van der Waals surface area (Å²) in [7, 11) is 1.73.